The second-order valence-electron chi connectivity index (χ2n) is 4.77. The van der Waals surface area contributed by atoms with E-state index >= 15 is 0 Å². The second kappa shape index (κ2) is 12.4. The average Bonchev–Trinajstić information content (AvgIpc) is 2.56. The molecular formula is C15H30OPtSi. The van der Waals surface area contributed by atoms with Crippen LogP contribution in [0.1, 0.15) is 40.5 Å². The van der Waals surface area contributed by atoms with E-state index in [4.69, 9.17) is 4.43 Å². The first-order valence-corrected chi connectivity index (χ1v) is 6.83. The third kappa shape index (κ3) is 10.3. The summed E-state index contributed by atoms with van der Waals surface area (Å²) in [6.07, 6.45) is 9.99. The van der Waals surface area contributed by atoms with Crippen molar-refractivity contribution < 1.29 is 25.5 Å². The standard InChI is InChI=1S/C12H21OSi.3CH3.Pt/c1-5-11(10-8-6-7-9-10)14-13-12(2,3)4;;;;/h6,8,11H,5,7,14H2,1-4H3;3*1H3;/q4*-1;+4. The molecule has 1 aliphatic rings. The monoisotopic (exact) mass is 449 g/mol. The molecule has 0 aromatic carbocycles. The Balaban J connectivity index is -0.000000245. The molecule has 110 valence electrons. The maximum Gasteiger partial charge on any atom is 4.00 e. The molecule has 3 heteroatoms. The largest absolute Gasteiger partial charge is 4.00 e. The van der Waals surface area contributed by atoms with Crippen molar-refractivity contribution in [2.24, 2.45) is 0 Å². The van der Waals surface area contributed by atoms with Crippen LogP contribution >= 0.6 is 0 Å². The van der Waals surface area contributed by atoms with Gasteiger partial charge in [0.15, 0.2) is 9.76 Å². The van der Waals surface area contributed by atoms with Crippen LogP contribution in [-0.2, 0) is 25.5 Å². The third-order valence-corrected chi connectivity index (χ3v) is 4.82. The molecule has 0 aliphatic heterocycles. The normalized spacial score (nSPS) is 15.0. The third-order valence-electron chi connectivity index (χ3n) is 2.37. The Hall–Kier alpha value is 0.345. The fraction of sp³-hybridized carbons (Fsp3) is 0.533. The van der Waals surface area contributed by atoms with Crippen molar-refractivity contribution >= 4 is 9.76 Å². The molecule has 1 atom stereocenters. The van der Waals surface area contributed by atoms with E-state index in [-0.39, 0.29) is 48.9 Å². The van der Waals surface area contributed by atoms with Crippen molar-refractivity contribution in [1.29, 1.82) is 0 Å². The van der Waals surface area contributed by atoms with Crippen LogP contribution in [0.4, 0.5) is 0 Å². The molecule has 1 unspecified atom stereocenters. The topological polar surface area (TPSA) is 9.23 Å². The summed E-state index contributed by atoms with van der Waals surface area (Å²) in [6.45, 7) is 8.64. The summed E-state index contributed by atoms with van der Waals surface area (Å²) >= 11 is 0. The van der Waals surface area contributed by atoms with Gasteiger partial charge in [-0.3, -0.25) is 6.08 Å². The zero-order valence-electron chi connectivity index (χ0n) is 13.1. The Labute approximate surface area is 133 Å². The van der Waals surface area contributed by atoms with E-state index in [0.29, 0.717) is 5.54 Å². The minimum absolute atomic E-state index is 0. The minimum Gasteiger partial charge on any atom is -0.419 e. The van der Waals surface area contributed by atoms with E-state index in [0.717, 1.165) is 6.42 Å². The summed E-state index contributed by atoms with van der Waals surface area (Å²) < 4.78 is 5.94. The fourth-order valence-corrected chi connectivity index (χ4v) is 2.88. The van der Waals surface area contributed by atoms with Crippen molar-refractivity contribution in [3.05, 3.63) is 46.1 Å². The van der Waals surface area contributed by atoms with E-state index in [1.807, 2.05) is 0 Å². The average molecular weight is 450 g/mol. The van der Waals surface area contributed by atoms with Crippen molar-refractivity contribution in [1.82, 2.24) is 0 Å². The Kier molecular flexibility index (Phi) is 18.5. The molecule has 0 aromatic rings. The molecule has 0 aromatic heterocycles. The molecule has 0 spiro atoms. The predicted octanol–water partition coefficient (Wildman–Crippen LogP) is 4.12. The predicted molar refractivity (Wildman–Crippen MR) is 83.2 cm³/mol. The summed E-state index contributed by atoms with van der Waals surface area (Å²) in [5.74, 6) is 0. The summed E-state index contributed by atoms with van der Waals surface area (Å²) in [5, 5.41) is 0. The first-order chi connectivity index (χ1) is 6.53. The first kappa shape index (κ1) is 26.8. The van der Waals surface area contributed by atoms with Gasteiger partial charge in [-0.05, 0) is 26.3 Å². The van der Waals surface area contributed by atoms with Crippen LogP contribution in [0.2, 0.25) is 5.54 Å². The van der Waals surface area contributed by atoms with Crippen LogP contribution in [0.3, 0.4) is 0 Å². The maximum atomic E-state index is 5.94. The fourth-order valence-electron chi connectivity index (χ4n) is 1.48. The zero-order valence-corrected chi connectivity index (χ0v) is 16.8. The quantitative estimate of drug-likeness (QED) is 0.464. The molecule has 18 heavy (non-hydrogen) atoms. The van der Waals surface area contributed by atoms with Gasteiger partial charge < -0.3 is 26.7 Å². The minimum atomic E-state index is -0.459. The maximum absolute atomic E-state index is 5.94. The van der Waals surface area contributed by atoms with Gasteiger partial charge >= 0.3 is 21.1 Å². The van der Waals surface area contributed by atoms with Crippen molar-refractivity contribution in [2.45, 2.75) is 51.7 Å². The SMILES string of the molecule is CCC([SiH2]OC(C)(C)C)C1=[C-]CC=C1.[CH3-].[CH3-].[CH3-].[Pt+4]. The molecule has 0 N–H and O–H groups in total. The smallest absolute Gasteiger partial charge is 0.419 e. The number of rotatable bonds is 4. The zero-order chi connectivity index (χ0) is 10.6. The first-order valence-electron chi connectivity index (χ1n) is 5.44. The number of allylic oxidation sites excluding steroid dienone is 4. The molecule has 0 amide bonds. The Bertz CT molecular complexity index is 241. The van der Waals surface area contributed by atoms with Crippen LogP contribution in [-0.4, -0.2) is 15.4 Å². The van der Waals surface area contributed by atoms with Crippen LogP contribution < -0.4 is 0 Å². The summed E-state index contributed by atoms with van der Waals surface area (Å²) in [5.41, 5.74) is 2.08. The molecular weight excluding hydrogens is 419 g/mol. The van der Waals surface area contributed by atoms with Gasteiger partial charge in [-0.15, -0.1) is 6.42 Å². The van der Waals surface area contributed by atoms with Gasteiger partial charge in [0, 0.05) is 5.60 Å². The van der Waals surface area contributed by atoms with Crippen LogP contribution in [0, 0.1) is 28.4 Å². The van der Waals surface area contributed by atoms with Gasteiger partial charge in [0.25, 0.3) is 0 Å². The van der Waals surface area contributed by atoms with Gasteiger partial charge in [-0.25, -0.2) is 11.6 Å². The summed E-state index contributed by atoms with van der Waals surface area (Å²) in [4.78, 5) is 0. The van der Waals surface area contributed by atoms with Gasteiger partial charge in [-0.1, -0.05) is 13.3 Å². The summed E-state index contributed by atoms with van der Waals surface area (Å²) in [6, 6.07) is 0. The number of hydrogen-bond acceptors (Lipinski definition) is 1. The molecule has 0 saturated heterocycles. The number of hydrogen-bond donors (Lipinski definition) is 0. The molecule has 0 fully saturated rings. The molecule has 0 saturated carbocycles. The van der Waals surface area contributed by atoms with Gasteiger partial charge in [0.1, 0.15) is 0 Å². The van der Waals surface area contributed by atoms with E-state index in [1.165, 1.54) is 12.0 Å². The Morgan fingerprint density at radius 2 is 1.89 bits per heavy atom. The Morgan fingerprint density at radius 3 is 2.22 bits per heavy atom. The summed E-state index contributed by atoms with van der Waals surface area (Å²) in [7, 11) is -0.459. The molecule has 0 radical (unpaired) electrons. The van der Waals surface area contributed by atoms with Crippen molar-refractivity contribution in [3.63, 3.8) is 0 Å². The molecule has 0 heterocycles. The van der Waals surface area contributed by atoms with Crippen LogP contribution in [0.5, 0.6) is 0 Å². The van der Waals surface area contributed by atoms with Crippen molar-refractivity contribution in [2.75, 3.05) is 0 Å². The van der Waals surface area contributed by atoms with Gasteiger partial charge in [0.05, 0.1) is 0 Å². The van der Waals surface area contributed by atoms with Gasteiger partial charge in [0.2, 0.25) is 0 Å². The Morgan fingerprint density at radius 1 is 1.33 bits per heavy atom. The molecule has 1 rings (SSSR count). The van der Waals surface area contributed by atoms with Crippen molar-refractivity contribution in [3.8, 4) is 0 Å². The van der Waals surface area contributed by atoms with Crippen LogP contribution in [0.25, 0.3) is 0 Å². The van der Waals surface area contributed by atoms with E-state index in [2.05, 4.69) is 45.9 Å². The second-order valence-corrected chi connectivity index (χ2v) is 6.37. The van der Waals surface area contributed by atoms with E-state index in [1.54, 1.807) is 0 Å². The van der Waals surface area contributed by atoms with Gasteiger partial charge in [-0.2, -0.15) is 6.08 Å². The van der Waals surface area contributed by atoms with E-state index in [9.17, 15) is 0 Å². The molecule has 1 nitrogen and oxygen atoms in total. The molecule has 0 bridgehead atoms. The van der Waals surface area contributed by atoms with E-state index < -0.39 is 9.76 Å². The van der Waals surface area contributed by atoms with Crippen LogP contribution in [0.15, 0.2) is 17.7 Å². The molecule has 1 aliphatic carbocycles.